The Balaban J connectivity index is 0. The predicted molar refractivity (Wildman–Crippen MR) is 96.7 cm³/mol. The second-order valence-electron chi connectivity index (χ2n) is 6.96. The minimum Gasteiger partial charge on any atom is -1.00 e. The third kappa shape index (κ3) is 18.9. The zero-order chi connectivity index (χ0) is 15.1. The molecule has 1 nitrogen and oxygen atoms in total. The first-order valence-electron chi connectivity index (χ1n) is 9.00. The fourth-order valence-electron chi connectivity index (χ4n) is 2.77. The van der Waals surface area contributed by atoms with E-state index in [0.717, 1.165) is 0 Å². The highest BCUT2D eigenvalue weighted by Gasteiger charge is 2.13. The maximum absolute atomic E-state index is 3.51. The lowest BCUT2D eigenvalue weighted by molar-refractivity contribution is -0.890. The van der Waals surface area contributed by atoms with Crippen molar-refractivity contribution in [1.82, 2.24) is 0 Å². The molecule has 0 aliphatic carbocycles. The average molecular weight is 429 g/mol. The van der Waals surface area contributed by atoms with E-state index < -0.39 is 0 Å². The van der Waals surface area contributed by atoms with Gasteiger partial charge in [-0.1, -0.05) is 67.8 Å². The monoisotopic (exact) mass is 427 g/mol. The molecule has 0 amide bonds. The Bertz CT molecular complexity index is 196. The summed E-state index contributed by atoms with van der Waals surface area (Å²) in [5, 5.41) is 1.17. The summed E-state index contributed by atoms with van der Waals surface area (Å²) < 4.78 is 1.23. The van der Waals surface area contributed by atoms with Gasteiger partial charge in [-0.3, -0.25) is 0 Å². The van der Waals surface area contributed by atoms with Crippen LogP contribution < -0.4 is 17.0 Å². The third-order valence-corrected chi connectivity index (χ3v) is 4.82. The first kappa shape index (κ1) is 24.2. The summed E-state index contributed by atoms with van der Waals surface area (Å²) >= 11 is 3.51. The fraction of sp³-hybridized carbons (Fsp3) is 1.00. The first-order valence-corrected chi connectivity index (χ1v) is 10.1. The number of hydrogen-bond donors (Lipinski definition) is 0. The molecule has 0 aliphatic heterocycles. The van der Waals surface area contributed by atoms with E-state index in [2.05, 4.69) is 36.9 Å². The molecule has 0 aromatic rings. The summed E-state index contributed by atoms with van der Waals surface area (Å²) in [5.41, 5.74) is 0. The average Bonchev–Trinajstić information content (AvgIpc) is 2.41. The van der Waals surface area contributed by atoms with Gasteiger partial charge < -0.3 is 21.5 Å². The molecule has 0 unspecified atom stereocenters. The number of hydrogen-bond acceptors (Lipinski definition) is 0. The summed E-state index contributed by atoms with van der Waals surface area (Å²) in [6.07, 6.45) is 17.0. The van der Waals surface area contributed by atoms with Crippen molar-refractivity contribution >= 4 is 15.9 Å². The Hall–Kier alpha value is 0.920. The van der Waals surface area contributed by atoms with E-state index in [1.54, 1.807) is 0 Å². The van der Waals surface area contributed by atoms with Crippen LogP contribution in [0, 0.1) is 0 Å². The van der Waals surface area contributed by atoms with E-state index in [1.807, 2.05) is 0 Å². The van der Waals surface area contributed by atoms with Crippen LogP contribution in [0.5, 0.6) is 0 Å². The smallest absolute Gasteiger partial charge is 0.0782 e. The third-order valence-electron chi connectivity index (χ3n) is 4.26. The van der Waals surface area contributed by atoms with Gasteiger partial charge in [-0.2, -0.15) is 0 Å². The Labute approximate surface area is 153 Å². The minimum absolute atomic E-state index is 0. The molecule has 0 saturated carbocycles. The highest BCUT2D eigenvalue weighted by molar-refractivity contribution is 9.09. The van der Waals surface area contributed by atoms with Gasteiger partial charge in [0.2, 0.25) is 0 Å². The molecule has 0 rings (SSSR count). The number of rotatable bonds is 15. The van der Waals surface area contributed by atoms with Crippen LogP contribution in [-0.4, -0.2) is 37.0 Å². The van der Waals surface area contributed by atoms with E-state index in [0.29, 0.717) is 0 Å². The van der Waals surface area contributed by atoms with Crippen LogP contribution in [0.1, 0.15) is 84.0 Å². The van der Waals surface area contributed by atoms with Crippen molar-refractivity contribution in [2.24, 2.45) is 0 Å². The molecule has 3 heteroatoms. The van der Waals surface area contributed by atoms with Gasteiger partial charge in [0.25, 0.3) is 0 Å². The van der Waals surface area contributed by atoms with E-state index in [4.69, 9.17) is 0 Å². The Kier molecular flexibility index (Phi) is 19.9. The van der Waals surface area contributed by atoms with Gasteiger partial charge in [0.05, 0.1) is 27.2 Å². The SMILES string of the molecule is CCCCCCCCCC[N+](C)(C)CCCCCCBr.[Br-]. The molecule has 0 aliphatic rings. The largest absolute Gasteiger partial charge is 1.00 e. The number of alkyl halides is 1. The highest BCUT2D eigenvalue weighted by atomic mass is 79.9. The zero-order valence-corrected chi connectivity index (χ0v) is 18.0. The molecule has 0 N–H and O–H groups in total. The fourth-order valence-corrected chi connectivity index (χ4v) is 3.17. The van der Waals surface area contributed by atoms with Crippen molar-refractivity contribution in [3.63, 3.8) is 0 Å². The van der Waals surface area contributed by atoms with Crippen LogP contribution in [0.15, 0.2) is 0 Å². The standard InChI is InChI=1S/C18H39BrN.BrH/c1-4-5-6-7-8-9-11-14-17-20(2,3)18-15-12-10-13-16-19;/h4-18H2,1-3H3;1H/q+1;/p-1. The Morgan fingerprint density at radius 2 is 1.00 bits per heavy atom. The quantitative estimate of drug-likeness (QED) is 0.213. The molecular weight excluding hydrogens is 390 g/mol. The lowest BCUT2D eigenvalue weighted by Gasteiger charge is -2.30. The molecule has 0 bridgehead atoms. The molecule has 0 radical (unpaired) electrons. The minimum atomic E-state index is 0. The molecular formula is C18H39Br2N. The van der Waals surface area contributed by atoms with E-state index in [-0.39, 0.29) is 17.0 Å². The van der Waals surface area contributed by atoms with Crippen molar-refractivity contribution in [3.8, 4) is 0 Å². The van der Waals surface area contributed by atoms with Crippen molar-refractivity contribution in [1.29, 1.82) is 0 Å². The second kappa shape index (κ2) is 17.3. The van der Waals surface area contributed by atoms with Gasteiger partial charge in [-0.05, 0) is 32.1 Å². The van der Waals surface area contributed by atoms with Crippen LogP contribution in [0.2, 0.25) is 0 Å². The van der Waals surface area contributed by atoms with E-state index >= 15 is 0 Å². The van der Waals surface area contributed by atoms with Gasteiger partial charge in [0.15, 0.2) is 0 Å². The Morgan fingerprint density at radius 1 is 0.619 bits per heavy atom. The molecule has 21 heavy (non-hydrogen) atoms. The maximum atomic E-state index is 3.51. The van der Waals surface area contributed by atoms with Crippen molar-refractivity contribution in [3.05, 3.63) is 0 Å². The van der Waals surface area contributed by atoms with Gasteiger partial charge in [-0.25, -0.2) is 0 Å². The Morgan fingerprint density at radius 3 is 1.43 bits per heavy atom. The summed E-state index contributed by atoms with van der Waals surface area (Å²) in [4.78, 5) is 0. The van der Waals surface area contributed by atoms with Crippen LogP contribution in [0.4, 0.5) is 0 Å². The van der Waals surface area contributed by atoms with Crippen molar-refractivity contribution in [2.75, 3.05) is 32.5 Å². The van der Waals surface area contributed by atoms with Crippen LogP contribution in [0.25, 0.3) is 0 Å². The first-order chi connectivity index (χ1) is 9.62. The van der Waals surface area contributed by atoms with E-state index in [9.17, 15) is 0 Å². The molecule has 0 aromatic carbocycles. The van der Waals surface area contributed by atoms with Gasteiger partial charge in [0.1, 0.15) is 0 Å². The lowest BCUT2D eigenvalue weighted by Crippen LogP contribution is -3.00. The predicted octanol–water partition coefficient (Wildman–Crippen LogP) is 3.16. The van der Waals surface area contributed by atoms with Crippen LogP contribution >= 0.6 is 15.9 Å². The van der Waals surface area contributed by atoms with Gasteiger partial charge >= 0.3 is 0 Å². The topological polar surface area (TPSA) is 0 Å². The van der Waals surface area contributed by atoms with Gasteiger partial charge in [-0.15, -0.1) is 0 Å². The van der Waals surface area contributed by atoms with E-state index in [1.165, 1.54) is 100.0 Å². The summed E-state index contributed by atoms with van der Waals surface area (Å²) in [7, 11) is 4.82. The number of quaternary nitrogens is 1. The summed E-state index contributed by atoms with van der Waals surface area (Å²) in [6, 6.07) is 0. The van der Waals surface area contributed by atoms with Crippen LogP contribution in [0.3, 0.4) is 0 Å². The molecule has 130 valence electrons. The van der Waals surface area contributed by atoms with Gasteiger partial charge in [0, 0.05) is 5.33 Å². The number of halogens is 2. The maximum Gasteiger partial charge on any atom is 0.0782 e. The molecule has 0 atom stereocenters. The molecule has 0 fully saturated rings. The molecule has 0 spiro atoms. The summed E-state index contributed by atoms with van der Waals surface area (Å²) in [6.45, 7) is 5.02. The molecule has 0 aromatic heterocycles. The number of nitrogens with zero attached hydrogens (tertiary/aromatic N) is 1. The van der Waals surface area contributed by atoms with Crippen molar-refractivity contribution in [2.45, 2.75) is 84.0 Å². The van der Waals surface area contributed by atoms with Crippen LogP contribution in [-0.2, 0) is 0 Å². The molecule has 0 saturated heterocycles. The lowest BCUT2D eigenvalue weighted by atomic mass is 10.1. The molecule has 0 heterocycles. The normalized spacial score (nSPS) is 11.4. The summed E-state index contributed by atoms with van der Waals surface area (Å²) in [5.74, 6) is 0. The highest BCUT2D eigenvalue weighted by Crippen LogP contribution is 2.11. The number of unbranched alkanes of at least 4 members (excludes halogenated alkanes) is 10. The zero-order valence-electron chi connectivity index (χ0n) is 14.8. The second-order valence-corrected chi connectivity index (χ2v) is 7.75. The van der Waals surface area contributed by atoms with Crippen molar-refractivity contribution < 1.29 is 21.5 Å².